The molecule has 0 aromatic heterocycles. The summed E-state index contributed by atoms with van der Waals surface area (Å²) in [6.45, 7) is 2.60. The molecule has 8 heteroatoms. The van der Waals surface area contributed by atoms with E-state index < -0.39 is 0 Å². The number of hydrogen-bond acceptors (Lipinski definition) is 4. The van der Waals surface area contributed by atoms with E-state index in [0.717, 1.165) is 49.6 Å². The Morgan fingerprint density at radius 3 is 2.61 bits per heavy atom. The van der Waals surface area contributed by atoms with Crippen LogP contribution in [-0.2, 0) is 11.3 Å². The van der Waals surface area contributed by atoms with E-state index in [1.807, 2.05) is 43.4 Å². The number of ether oxygens (including phenoxy) is 2. The van der Waals surface area contributed by atoms with Crippen LogP contribution in [-0.4, -0.2) is 56.7 Å². The van der Waals surface area contributed by atoms with Gasteiger partial charge in [0.2, 0.25) is 0 Å². The van der Waals surface area contributed by atoms with E-state index in [1.165, 1.54) is 5.56 Å². The molecule has 2 aromatic carbocycles. The van der Waals surface area contributed by atoms with Gasteiger partial charge in [-0.15, -0.1) is 24.0 Å². The van der Waals surface area contributed by atoms with Crippen molar-refractivity contribution in [3.05, 3.63) is 59.7 Å². The number of carbonyl (C=O) groups is 1. The molecule has 1 amide bonds. The van der Waals surface area contributed by atoms with Crippen LogP contribution in [0.2, 0.25) is 0 Å². The normalized spacial score (nSPS) is 17.8. The van der Waals surface area contributed by atoms with Crippen LogP contribution >= 0.6 is 24.0 Å². The van der Waals surface area contributed by atoms with Gasteiger partial charge in [-0.1, -0.05) is 24.3 Å². The predicted octanol–water partition coefficient (Wildman–Crippen LogP) is 3.54. The number of guanidine groups is 1. The number of nitrogens with zero attached hydrogens (tertiary/aromatic N) is 2. The summed E-state index contributed by atoms with van der Waals surface area (Å²) in [5.74, 6) is 2.91. The van der Waals surface area contributed by atoms with Crippen molar-refractivity contribution < 1.29 is 14.3 Å². The second kappa shape index (κ2) is 12.1. The zero-order chi connectivity index (χ0) is 22.3. The molecule has 0 radical (unpaired) electrons. The van der Waals surface area contributed by atoms with Crippen molar-refractivity contribution in [2.24, 2.45) is 4.99 Å². The van der Waals surface area contributed by atoms with Crippen molar-refractivity contribution >= 4 is 35.8 Å². The summed E-state index contributed by atoms with van der Waals surface area (Å²) in [4.78, 5) is 18.6. The zero-order valence-corrected chi connectivity index (χ0v) is 21.6. The Kier molecular flexibility index (Phi) is 9.22. The lowest BCUT2D eigenvalue weighted by molar-refractivity contribution is -0.123. The van der Waals surface area contributed by atoms with E-state index in [-0.39, 0.29) is 36.5 Å². The van der Waals surface area contributed by atoms with Crippen molar-refractivity contribution in [2.75, 3.05) is 33.9 Å². The van der Waals surface area contributed by atoms with E-state index in [0.29, 0.717) is 24.3 Å². The molecule has 7 nitrogen and oxygen atoms in total. The first-order valence-corrected chi connectivity index (χ1v) is 11.2. The molecular formula is C25H33IN4O3. The van der Waals surface area contributed by atoms with Gasteiger partial charge in [0.25, 0.3) is 5.91 Å². The van der Waals surface area contributed by atoms with Gasteiger partial charge in [0, 0.05) is 38.6 Å². The fourth-order valence-electron chi connectivity index (χ4n) is 4.01. The van der Waals surface area contributed by atoms with Crippen molar-refractivity contribution in [3.8, 4) is 11.5 Å². The highest BCUT2D eigenvalue weighted by Gasteiger charge is 2.26. The monoisotopic (exact) mass is 564 g/mol. The van der Waals surface area contributed by atoms with Gasteiger partial charge < -0.3 is 25.0 Å². The summed E-state index contributed by atoms with van der Waals surface area (Å²) in [5, 5.41) is 6.40. The number of hydrogen-bond donors (Lipinski definition) is 2. The Bertz CT molecular complexity index is 947. The molecule has 0 spiro atoms. The highest BCUT2D eigenvalue weighted by atomic mass is 127. The maximum Gasteiger partial charge on any atom is 0.258 e. The fourth-order valence-corrected chi connectivity index (χ4v) is 4.01. The van der Waals surface area contributed by atoms with Gasteiger partial charge in [-0.25, -0.2) is 0 Å². The molecule has 33 heavy (non-hydrogen) atoms. The van der Waals surface area contributed by atoms with Gasteiger partial charge >= 0.3 is 0 Å². The Hall–Kier alpha value is -2.49. The number of likely N-dealkylation sites (tertiary alicyclic amines) is 1. The summed E-state index contributed by atoms with van der Waals surface area (Å²) in [5.41, 5.74) is 2.41. The van der Waals surface area contributed by atoms with E-state index in [1.54, 1.807) is 7.11 Å². The van der Waals surface area contributed by atoms with Crippen LogP contribution in [0.1, 0.15) is 36.3 Å². The van der Waals surface area contributed by atoms with Crippen LogP contribution < -0.4 is 20.1 Å². The van der Waals surface area contributed by atoms with Crippen LogP contribution in [0.25, 0.3) is 0 Å². The number of benzene rings is 2. The summed E-state index contributed by atoms with van der Waals surface area (Å²) in [6.07, 6.45) is 3.25. The highest BCUT2D eigenvalue weighted by Crippen LogP contribution is 2.28. The Morgan fingerprint density at radius 1 is 1.12 bits per heavy atom. The molecule has 1 aliphatic heterocycles. The summed E-state index contributed by atoms with van der Waals surface area (Å²) < 4.78 is 10.9. The number of amides is 1. The minimum atomic E-state index is -0.0584. The SMILES string of the molecule is CN=C(NCc1cccc(OCC(=O)NC2CC2)c1)N1CCC(c2ccc(OC)cc2)C1.I. The Balaban J connectivity index is 0.00000306. The van der Waals surface area contributed by atoms with Gasteiger partial charge in [-0.3, -0.25) is 9.79 Å². The number of methoxy groups -OCH3 is 1. The maximum absolute atomic E-state index is 11.8. The average Bonchev–Trinajstić information content (AvgIpc) is 3.50. The minimum absolute atomic E-state index is 0. The van der Waals surface area contributed by atoms with Crippen molar-refractivity contribution in [1.29, 1.82) is 0 Å². The molecule has 1 aliphatic carbocycles. The number of halogens is 1. The van der Waals surface area contributed by atoms with Crippen molar-refractivity contribution in [3.63, 3.8) is 0 Å². The number of aliphatic imine (C=N–C) groups is 1. The lowest BCUT2D eigenvalue weighted by Gasteiger charge is -2.22. The molecule has 1 unspecified atom stereocenters. The predicted molar refractivity (Wildman–Crippen MR) is 141 cm³/mol. The first-order valence-electron chi connectivity index (χ1n) is 11.2. The molecule has 2 aliphatic rings. The van der Waals surface area contributed by atoms with E-state index >= 15 is 0 Å². The molecule has 0 bridgehead atoms. The Labute approximate surface area is 213 Å². The van der Waals surface area contributed by atoms with Crippen molar-refractivity contribution in [2.45, 2.75) is 37.8 Å². The third-order valence-corrected chi connectivity index (χ3v) is 5.95. The third-order valence-electron chi connectivity index (χ3n) is 5.95. The number of nitrogens with one attached hydrogen (secondary N) is 2. The summed E-state index contributed by atoms with van der Waals surface area (Å²) in [7, 11) is 3.51. The molecule has 1 saturated carbocycles. The van der Waals surface area contributed by atoms with E-state index in [2.05, 4.69) is 32.7 Å². The van der Waals surface area contributed by atoms with Gasteiger partial charge in [0.15, 0.2) is 12.6 Å². The number of rotatable bonds is 8. The summed E-state index contributed by atoms with van der Waals surface area (Å²) in [6, 6.07) is 16.5. The van der Waals surface area contributed by atoms with Crippen LogP contribution in [0.5, 0.6) is 11.5 Å². The quantitative estimate of drug-likeness (QED) is 0.292. The molecule has 1 saturated heterocycles. The minimum Gasteiger partial charge on any atom is -0.497 e. The van der Waals surface area contributed by atoms with E-state index in [9.17, 15) is 4.79 Å². The standard InChI is InChI=1S/C25H32N4O3.HI/c1-26-25(29-13-12-20(16-29)19-6-10-22(31-2)11-7-19)27-15-18-4-3-5-23(14-18)32-17-24(30)28-21-8-9-21;/h3-7,10-11,14,20-21H,8-9,12-13,15-17H2,1-2H3,(H,26,27)(H,28,30);1H. The molecule has 1 atom stereocenters. The van der Waals surface area contributed by atoms with E-state index in [4.69, 9.17) is 9.47 Å². The van der Waals surface area contributed by atoms with Gasteiger partial charge in [0.05, 0.1) is 7.11 Å². The van der Waals surface area contributed by atoms with Crippen LogP contribution in [0, 0.1) is 0 Å². The first kappa shape index (κ1) is 25.1. The van der Waals surface area contributed by atoms with Gasteiger partial charge in [-0.05, 0) is 54.7 Å². The molecule has 178 valence electrons. The first-order chi connectivity index (χ1) is 15.6. The van der Waals surface area contributed by atoms with Crippen molar-refractivity contribution in [1.82, 2.24) is 15.5 Å². The molecule has 2 fully saturated rings. The lowest BCUT2D eigenvalue weighted by atomic mass is 9.98. The molecule has 2 aromatic rings. The summed E-state index contributed by atoms with van der Waals surface area (Å²) >= 11 is 0. The molecule has 4 rings (SSSR count). The van der Waals surface area contributed by atoms with Gasteiger partial charge in [-0.2, -0.15) is 0 Å². The fraction of sp³-hybridized carbons (Fsp3) is 0.440. The Morgan fingerprint density at radius 2 is 1.91 bits per heavy atom. The molecule has 2 N–H and O–H groups in total. The van der Waals surface area contributed by atoms with Crippen LogP contribution in [0.3, 0.4) is 0 Å². The zero-order valence-electron chi connectivity index (χ0n) is 19.3. The van der Waals surface area contributed by atoms with Crippen LogP contribution in [0.4, 0.5) is 0 Å². The third kappa shape index (κ3) is 7.25. The maximum atomic E-state index is 11.8. The topological polar surface area (TPSA) is 75.2 Å². The largest absolute Gasteiger partial charge is 0.497 e. The van der Waals surface area contributed by atoms with Gasteiger partial charge in [0.1, 0.15) is 11.5 Å². The smallest absolute Gasteiger partial charge is 0.258 e. The molecule has 1 heterocycles. The average molecular weight is 564 g/mol. The number of carbonyl (C=O) groups excluding carboxylic acids is 1. The van der Waals surface area contributed by atoms with Crippen LogP contribution in [0.15, 0.2) is 53.5 Å². The second-order valence-electron chi connectivity index (χ2n) is 8.38. The molecular weight excluding hydrogens is 531 g/mol. The lowest BCUT2D eigenvalue weighted by Crippen LogP contribution is -2.39. The second-order valence-corrected chi connectivity index (χ2v) is 8.38. The highest BCUT2D eigenvalue weighted by molar-refractivity contribution is 14.0.